The van der Waals surface area contributed by atoms with Crippen LogP contribution in [0.5, 0.6) is 5.75 Å². The van der Waals surface area contributed by atoms with Gasteiger partial charge < -0.3 is 10.5 Å². The maximum atomic E-state index is 13.1. The molecular formula is C12H15F2NO. The lowest BCUT2D eigenvalue weighted by Crippen LogP contribution is -2.15. The van der Waals surface area contributed by atoms with Crippen LogP contribution < -0.4 is 10.5 Å². The number of nitrogen functional groups attached to an aromatic ring is 1. The van der Waals surface area contributed by atoms with Gasteiger partial charge in [0.2, 0.25) is 0 Å². The van der Waals surface area contributed by atoms with Crippen molar-refractivity contribution in [3.8, 4) is 5.75 Å². The van der Waals surface area contributed by atoms with E-state index in [9.17, 15) is 8.78 Å². The van der Waals surface area contributed by atoms with Gasteiger partial charge in [0.05, 0.1) is 6.61 Å². The van der Waals surface area contributed by atoms with Crippen LogP contribution in [0.2, 0.25) is 0 Å². The molecular weight excluding hydrogens is 212 g/mol. The normalized spacial score (nSPS) is 15.9. The quantitative estimate of drug-likeness (QED) is 0.802. The van der Waals surface area contributed by atoms with Crippen LogP contribution in [0.15, 0.2) is 12.1 Å². The average Bonchev–Trinajstić information content (AvgIpc) is 2.16. The molecule has 1 aromatic rings. The first-order chi connectivity index (χ1) is 7.66. The highest BCUT2D eigenvalue weighted by molar-refractivity contribution is 5.53. The standard InChI is InChI=1S/C12H15F2NO/c13-9-6-10(14)12(15)11(7-9)16-5-4-8-2-1-3-8/h6-8H,1-5,15H2. The van der Waals surface area contributed by atoms with Gasteiger partial charge in [-0.3, -0.25) is 0 Å². The molecule has 2 rings (SSSR count). The highest BCUT2D eigenvalue weighted by atomic mass is 19.1. The Balaban J connectivity index is 1.92. The zero-order valence-electron chi connectivity index (χ0n) is 9.01. The van der Waals surface area contributed by atoms with Crippen molar-refractivity contribution >= 4 is 5.69 Å². The largest absolute Gasteiger partial charge is 0.491 e. The number of hydrogen-bond donors (Lipinski definition) is 1. The van der Waals surface area contributed by atoms with E-state index in [1.165, 1.54) is 19.3 Å². The number of hydrogen-bond acceptors (Lipinski definition) is 2. The Hall–Kier alpha value is -1.32. The van der Waals surface area contributed by atoms with E-state index in [4.69, 9.17) is 10.5 Å². The Labute approximate surface area is 93.4 Å². The molecule has 1 saturated carbocycles. The number of ether oxygens (including phenoxy) is 1. The maximum Gasteiger partial charge on any atom is 0.152 e. The Morgan fingerprint density at radius 2 is 2.06 bits per heavy atom. The summed E-state index contributed by atoms with van der Waals surface area (Å²) in [5.74, 6) is -0.611. The molecule has 0 spiro atoms. The fourth-order valence-electron chi connectivity index (χ4n) is 1.80. The summed E-state index contributed by atoms with van der Waals surface area (Å²) in [6.45, 7) is 0.470. The van der Waals surface area contributed by atoms with Gasteiger partial charge in [0.1, 0.15) is 17.3 Å². The third-order valence-corrected chi connectivity index (χ3v) is 3.06. The molecule has 0 atom stereocenters. The van der Waals surface area contributed by atoms with Crippen LogP contribution in [0.3, 0.4) is 0 Å². The number of nitrogens with two attached hydrogens (primary N) is 1. The molecule has 2 nitrogen and oxygen atoms in total. The van der Waals surface area contributed by atoms with Crippen molar-refractivity contribution in [3.05, 3.63) is 23.8 Å². The number of rotatable bonds is 4. The summed E-state index contributed by atoms with van der Waals surface area (Å²) in [5.41, 5.74) is 5.33. The first-order valence-electron chi connectivity index (χ1n) is 5.54. The number of benzene rings is 1. The fourth-order valence-corrected chi connectivity index (χ4v) is 1.80. The molecule has 1 aliphatic rings. The van der Waals surface area contributed by atoms with Gasteiger partial charge in [0.15, 0.2) is 5.82 Å². The van der Waals surface area contributed by atoms with Crippen molar-refractivity contribution in [1.29, 1.82) is 0 Å². The predicted octanol–water partition coefficient (Wildman–Crippen LogP) is 3.12. The zero-order valence-corrected chi connectivity index (χ0v) is 9.01. The molecule has 4 heteroatoms. The molecule has 0 radical (unpaired) electrons. The molecule has 0 aromatic heterocycles. The van der Waals surface area contributed by atoms with Crippen molar-refractivity contribution < 1.29 is 13.5 Å². The van der Waals surface area contributed by atoms with Crippen molar-refractivity contribution in [1.82, 2.24) is 0 Å². The van der Waals surface area contributed by atoms with Crippen LogP contribution in [-0.4, -0.2) is 6.61 Å². The number of anilines is 1. The maximum absolute atomic E-state index is 13.1. The summed E-state index contributed by atoms with van der Waals surface area (Å²) >= 11 is 0. The van der Waals surface area contributed by atoms with E-state index in [2.05, 4.69) is 0 Å². The second kappa shape index (κ2) is 4.68. The van der Waals surface area contributed by atoms with E-state index < -0.39 is 11.6 Å². The highest BCUT2D eigenvalue weighted by Gasteiger charge is 2.17. The molecule has 0 bridgehead atoms. The lowest BCUT2D eigenvalue weighted by Gasteiger charge is -2.25. The van der Waals surface area contributed by atoms with Gasteiger partial charge in [-0.25, -0.2) is 8.78 Å². The van der Waals surface area contributed by atoms with Gasteiger partial charge in [0, 0.05) is 12.1 Å². The topological polar surface area (TPSA) is 35.2 Å². The van der Waals surface area contributed by atoms with E-state index in [1.807, 2.05) is 0 Å². The van der Waals surface area contributed by atoms with Crippen LogP contribution in [0, 0.1) is 17.6 Å². The lowest BCUT2D eigenvalue weighted by molar-refractivity contribution is 0.222. The second-order valence-electron chi connectivity index (χ2n) is 4.23. The predicted molar refractivity (Wildman–Crippen MR) is 58.2 cm³/mol. The van der Waals surface area contributed by atoms with Crippen molar-refractivity contribution in [2.24, 2.45) is 5.92 Å². The van der Waals surface area contributed by atoms with E-state index >= 15 is 0 Å². The second-order valence-corrected chi connectivity index (χ2v) is 4.23. The van der Waals surface area contributed by atoms with E-state index in [1.54, 1.807) is 0 Å². The summed E-state index contributed by atoms with van der Waals surface area (Å²) < 4.78 is 31.3. The van der Waals surface area contributed by atoms with E-state index in [-0.39, 0.29) is 11.4 Å². The molecule has 88 valence electrons. The van der Waals surface area contributed by atoms with Crippen LogP contribution in [0.4, 0.5) is 14.5 Å². The third-order valence-electron chi connectivity index (χ3n) is 3.06. The van der Waals surface area contributed by atoms with E-state index in [0.717, 1.165) is 18.6 Å². The molecule has 2 N–H and O–H groups in total. The van der Waals surface area contributed by atoms with Gasteiger partial charge >= 0.3 is 0 Å². The smallest absolute Gasteiger partial charge is 0.152 e. The highest BCUT2D eigenvalue weighted by Crippen LogP contribution is 2.30. The molecule has 0 unspecified atom stereocenters. The molecule has 1 aliphatic carbocycles. The molecule has 16 heavy (non-hydrogen) atoms. The first kappa shape index (κ1) is 11.2. The Bertz CT molecular complexity index is 378. The summed E-state index contributed by atoms with van der Waals surface area (Å²) in [5, 5.41) is 0. The van der Waals surface area contributed by atoms with Crippen LogP contribution in [0.25, 0.3) is 0 Å². The first-order valence-corrected chi connectivity index (χ1v) is 5.54. The van der Waals surface area contributed by atoms with Gasteiger partial charge in [-0.1, -0.05) is 19.3 Å². The third kappa shape index (κ3) is 2.43. The minimum absolute atomic E-state index is 0.108. The number of halogens is 2. The molecule has 1 fully saturated rings. The van der Waals surface area contributed by atoms with Gasteiger partial charge in [0.25, 0.3) is 0 Å². The summed E-state index contributed by atoms with van der Waals surface area (Å²) in [7, 11) is 0. The Kier molecular flexibility index (Phi) is 3.27. The molecule has 0 aliphatic heterocycles. The van der Waals surface area contributed by atoms with E-state index in [0.29, 0.717) is 12.5 Å². The van der Waals surface area contributed by atoms with Crippen LogP contribution in [-0.2, 0) is 0 Å². The van der Waals surface area contributed by atoms with Gasteiger partial charge in [-0.2, -0.15) is 0 Å². The van der Waals surface area contributed by atoms with Crippen molar-refractivity contribution in [2.75, 3.05) is 12.3 Å². The average molecular weight is 227 g/mol. The van der Waals surface area contributed by atoms with Gasteiger partial charge in [-0.05, 0) is 12.3 Å². The Morgan fingerprint density at radius 3 is 2.69 bits per heavy atom. The van der Waals surface area contributed by atoms with Gasteiger partial charge in [-0.15, -0.1) is 0 Å². The minimum atomic E-state index is -0.765. The summed E-state index contributed by atoms with van der Waals surface area (Å²) in [4.78, 5) is 0. The van der Waals surface area contributed by atoms with Crippen LogP contribution in [0.1, 0.15) is 25.7 Å². The molecule has 0 saturated heterocycles. The zero-order chi connectivity index (χ0) is 11.5. The monoisotopic (exact) mass is 227 g/mol. The summed E-state index contributed by atoms with van der Waals surface area (Å²) in [6.07, 6.45) is 4.67. The SMILES string of the molecule is Nc1c(F)cc(F)cc1OCCC1CCC1. The fraction of sp³-hybridized carbons (Fsp3) is 0.500. The molecule has 0 heterocycles. The van der Waals surface area contributed by atoms with Crippen LogP contribution >= 0.6 is 0 Å². The molecule has 0 amide bonds. The lowest BCUT2D eigenvalue weighted by atomic mass is 9.83. The minimum Gasteiger partial charge on any atom is -0.491 e. The van der Waals surface area contributed by atoms with Crippen molar-refractivity contribution in [2.45, 2.75) is 25.7 Å². The Morgan fingerprint density at radius 1 is 1.31 bits per heavy atom. The molecule has 1 aromatic carbocycles. The van der Waals surface area contributed by atoms with Crippen molar-refractivity contribution in [3.63, 3.8) is 0 Å². The summed E-state index contributed by atoms with van der Waals surface area (Å²) in [6, 6.07) is 1.88.